The second kappa shape index (κ2) is 7.03. The summed E-state index contributed by atoms with van der Waals surface area (Å²) < 4.78 is 13.0. The number of aromatic nitrogens is 2. The maximum Gasteiger partial charge on any atom is 0.103 e. The Morgan fingerprint density at radius 3 is 3.11 bits per heavy atom. The van der Waals surface area contributed by atoms with E-state index in [9.17, 15) is 0 Å². The van der Waals surface area contributed by atoms with Crippen LogP contribution in [0.4, 0.5) is 0 Å². The van der Waals surface area contributed by atoms with Gasteiger partial charge in [-0.1, -0.05) is 6.92 Å². The van der Waals surface area contributed by atoms with Gasteiger partial charge in [0.25, 0.3) is 0 Å². The number of aryl methyl sites for hydroxylation is 1. The molecule has 1 unspecified atom stereocenters. The lowest BCUT2D eigenvalue weighted by atomic mass is 9.98. The highest BCUT2D eigenvalue weighted by atomic mass is 16.5. The maximum absolute atomic E-state index is 5.88. The van der Waals surface area contributed by atoms with Crippen molar-refractivity contribution >= 4 is 0 Å². The van der Waals surface area contributed by atoms with E-state index in [1.807, 2.05) is 17.9 Å². The van der Waals surface area contributed by atoms with Gasteiger partial charge in [-0.15, -0.1) is 0 Å². The van der Waals surface area contributed by atoms with Crippen molar-refractivity contribution in [3.63, 3.8) is 0 Å². The summed E-state index contributed by atoms with van der Waals surface area (Å²) in [4.78, 5) is 0. The van der Waals surface area contributed by atoms with Gasteiger partial charge in [-0.25, -0.2) is 0 Å². The molecule has 0 bridgehead atoms. The lowest BCUT2D eigenvalue weighted by Gasteiger charge is -2.22. The number of nitrogens with zero attached hydrogens (tertiary/aromatic N) is 2. The smallest absolute Gasteiger partial charge is 0.103 e. The van der Waals surface area contributed by atoms with E-state index in [1.54, 1.807) is 7.11 Å². The van der Waals surface area contributed by atoms with Gasteiger partial charge in [0.2, 0.25) is 0 Å². The molecule has 2 heterocycles. The van der Waals surface area contributed by atoms with Crippen LogP contribution in [0.15, 0.2) is 12.3 Å². The molecule has 1 aromatic heterocycles. The molecule has 2 rings (SSSR count). The highest BCUT2D eigenvalue weighted by Crippen LogP contribution is 2.33. The van der Waals surface area contributed by atoms with Crippen LogP contribution in [0.25, 0.3) is 0 Å². The summed E-state index contributed by atoms with van der Waals surface area (Å²) in [6.45, 7) is 4.75. The summed E-state index contributed by atoms with van der Waals surface area (Å²) in [6, 6.07) is 2.48. The lowest BCUT2D eigenvalue weighted by molar-refractivity contribution is 0.0813. The molecule has 0 radical (unpaired) electrons. The van der Waals surface area contributed by atoms with Crippen molar-refractivity contribution in [3.05, 3.63) is 18.0 Å². The van der Waals surface area contributed by atoms with Gasteiger partial charge in [0, 0.05) is 45.5 Å². The molecular weight excluding hydrogens is 242 g/mol. The number of nitrogens with one attached hydrogen (secondary N) is 1. The van der Waals surface area contributed by atoms with Crippen LogP contribution >= 0.6 is 0 Å². The molecule has 0 saturated carbocycles. The average Bonchev–Trinajstić information content (AvgIpc) is 3.02. The minimum Gasteiger partial charge on any atom is -0.383 e. The molecule has 0 aromatic carbocycles. The third kappa shape index (κ3) is 3.55. The Hall–Kier alpha value is -0.910. The van der Waals surface area contributed by atoms with Crippen molar-refractivity contribution in [2.24, 2.45) is 13.0 Å². The van der Waals surface area contributed by atoms with Gasteiger partial charge in [0.15, 0.2) is 0 Å². The zero-order valence-electron chi connectivity index (χ0n) is 12.1. The fourth-order valence-electron chi connectivity index (χ4n) is 2.67. The predicted octanol–water partition coefficient (Wildman–Crippen LogP) is 1.51. The average molecular weight is 267 g/mol. The van der Waals surface area contributed by atoms with Crippen molar-refractivity contribution in [1.29, 1.82) is 0 Å². The fraction of sp³-hybridized carbons (Fsp3) is 0.786. The number of hydrogen-bond donors (Lipinski definition) is 1. The minimum absolute atomic E-state index is 0.167. The van der Waals surface area contributed by atoms with Crippen LogP contribution in [0.5, 0.6) is 0 Å². The van der Waals surface area contributed by atoms with Crippen LogP contribution in [-0.2, 0) is 16.5 Å². The standard InChI is InChI=1S/C14H25N3O2/c1-4-12(10-18-3)15-9-11-6-8-19-14(11)13-5-7-16-17(13)2/h5,7,11-12,14-15H,4,6,8-10H2,1-3H3/t11-,12?,14+/m0/s1. The third-order valence-electron chi connectivity index (χ3n) is 3.89. The molecule has 5 nitrogen and oxygen atoms in total. The van der Waals surface area contributed by atoms with Gasteiger partial charge in [0.05, 0.1) is 12.3 Å². The summed E-state index contributed by atoms with van der Waals surface area (Å²) in [7, 11) is 3.72. The first-order valence-electron chi connectivity index (χ1n) is 7.08. The van der Waals surface area contributed by atoms with E-state index in [4.69, 9.17) is 9.47 Å². The Balaban J connectivity index is 1.91. The summed E-state index contributed by atoms with van der Waals surface area (Å²) in [5, 5.41) is 7.82. The monoisotopic (exact) mass is 267 g/mol. The molecule has 0 amide bonds. The highest BCUT2D eigenvalue weighted by Gasteiger charge is 2.31. The van der Waals surface area contributed by atoms with E-state index < -0.39 is 0 Å². The Morgan fingerprint density at radius 1 is 1.63 bits per heavy atom. The van der Waals surface area contributed by atoms with Crippen LogP contribution < -0.4 is 5.32 Å². The van der Waals surface area contributed by atoms with E-state index in [0.29, 0.717) is 12.0 Å². The molecule has 19 heavy (non-hydrogen) atoms. The van der Waals surface area contributed by atoms with Crippen molar-refractivity contribution in [2.45, 2.75) is 31.9 Å². The lowest BCUT2D eigenvalue weighted by Crippen LogP contribution is -2.37. The fourth-order valence-corrected chi connectivity index (χ4v) is 2.67. The van der Waals surface area contributed by atoms with Gasteiger partial charge in [-0.3, -0.25) is 4.68 Å². The van der Waals surface area contributed by atoms with Crippen molar-refractivity contribution < 1.29 is 9.47 Å². The first kappa shape index (κ1) is 14.5. The SMILES string of the molecule is CCC(COC)NC[C@@H]1CCO[C@H]1c1ccnn1C. The van der Waals surface area contributed by atoms with Crippen LogP contribution in [0, 0.1) is 5.92 Å². The van der Waals surface area contributed by atoms with Gasteiger partial charge in [-0.05, 0) is 18.9 Å². The third-order valence-corrected chi connectivity index (χ3v) is 3.89. The molecule has 1 fully saturated rings. The molecule has 1 N–H and O–H groups in total. The highest BCUT2D eigenvalue weighted by molar-refractivity contribution is 5.07. The van der Waals surface area contributed by atoms with E-state index >= 15 is 0 Å². The molecule has 1 saturated heterocycles. The Bertz CT molecular complexity index is 381. The molecule has 0 spiro atoms. The second-order valence-corrected chi connectivity index (χ2v) is 5.19. The molecule has 1 aromatic rings. The number of methoxy groups -OCH3 is 1. The Morgan fingerprint density at radius 2 is 2.47 bits per heavy atom. The molecule has 5 heteroatoms. The zero-order chi connectivity index (χ0) is 13.7. The van der Waals surface area contributed by atoms with Crippen LogP contribution in [0.1, 0.15) is 31.6 Å². The molecule has 108 valence electrons. The van der Waals surface area contributed by atoms with Crippen molar-refractivity contribution in [2.75, 3.05) is 26.9 Å². The summed E-state index contributed by atoms with van der Waals surface area (Å²) in [5.41, 5.74) is 1.17. The van der Waals surface area contributed by atoms with Crippen LogP contribution in [0.3, 0.4) is 0 Å². The Labute approximate surface area is 115 Å². The van der Waals surface area contributed by atoms with Gasteiger partial charge in [0.1, 0.15) is 6.10 Å². The first-order valence-corrected chi connectivity index (χ1v) is 7.08. The van der Waals surface area contributed by atoms with E-state index in [1.165, 1.54) is 5.69 Å². The van der Waals surface area contributed by atoms with Crippen LogP contribution in [0.2, 0.25) is 0 Å². The van der Waals surface area contributed by atoms with Crippen molar-refractivity contribution in [1.82, 2.24) is 15.1 Å². The Kier molecular flexibility index (Phi) is 5.36. The van der Waals surface area contributed by atoms with E-state index in [2.05, 4.69) is 23.4 Å². The van der Waals surface area contributed by atoms with Gasteiger partial charge in [-0.2, -0.15) is 5.10 Å². The first-order chi connectivity index (χ1) is 9.26. The number of rotatable bonds is 7. The predicted molar refractivity (Wildman–Crippen MR) is 74.0 cm³/mol. The number of ether oxygens (including phenoxy) is 2. The summed E-state index contributed by atoms with van der Waals surface area (Å²) in [6.07, 6.45) is 4.19. The molecular formula is C14H25N3O2. The summed E-state index contributed by atoms with van der Waals surface area (Å²) >= 11 is 0. The molecule has 1 aliphatic rings. The summed E-state index contributed by atoms with van der Waals surface area (Å²) in [5.74, 6) is 0.515. The maximum atomic E-state index is 5.88. The van der Waals surface area contributed by atoms with Gasteiger partial charge < -0.3 is 14.8 Å². The van der Waals surface area contributed by atoms with Crippen LogP contribution in [-0.4, -0.2) is 42.7 Å². The molecule has 3 atom stereocenters. The minimum atomic E-state index is 0.167. The largest absolute Gasteiger partial charge is 0.383 e. The molecule has 0 aliphatic carbocycles. The normalized spacial score (nSPS) is 24.8. The van der Waals surface area contributed by atoms with Crippen molar-refractivity contribution in [3.8, 4) is 0 Å². The van der Waals surface area contributed by atoms with E-state index in [-0.39, 0.29) is 6.10 Å². The van der Waals surface area contributed by atoms with E-state index in [0.717, 1.165) is 32.6 Å². The quantitative estimate of drug-likeness (QED) is 0.813. The van der Waals surface area contributed by atoms with Gasteiger partial charge >= 0.3 is 0 Å². The number of hydrogen-bond acceptors (Lipinski definition) is 4. The second-order valence-electron chi connectivity index (χ2n) is 5.19. The topological polar surface area (TPSA) is 48.3 Å². The zero-order valence-corrected chi connectivity index (χ0v) is 12.1. The molecule has 1 aliphatic heterocycles.